The van der Waals surface area contributed by atoms with Crippen LogP contribution in [-0.4, -0.2) is 30.0 Å². The molecule has 0 bridgehead atoms. The molecule has 2 aliphatic rings. The van der Waals surface area contributed by atoms with Crippen LogP contribution in [-0.2, 0) is 9.53 Å². The Kier molecular flexibility index (Phi) is 3.98. The highest BCUT2D eigenvalue weighted by molar-refractivity contribution is 5.80. The molecule has 1 saturated carbocycles. The van der Waals surface area contributed by atoms with Crippen LogP contribution in [0.4, 0.5) is 4.39 Å². The average molecular weight is 305 g/mol. The third-order valence-corrected chi connectivity index (χ3v) is 4.76. The van der Waals surface area contributed by atoms with Crippen molar-refractivity contribution in [3.63, 3.8) is 0 Å². The van der Waals surface area contributed by atoms with Crippen molar-refractivity contribution in [3.05, 3.63) is 35.6 Å². The summed E-state index contributed by atoms with van der Waals surface area (Å²) >= 11 is 0. The highest BCUT2D eigenvalue weighted by atomic mass is 19.1. The third-order valence-electron chi connectivity index (χ3n) is 4.76. The molecule has 2 atom stereocenters. The second-order valence-corrected chi connectivity index (χ2v) is 7.50. The topological polar surface area (TPSA) is 29.5 Å². The zero-order valence-corrected chi connectivity index (χ0v) is 13.5. The first-order valence-corrected chi connectivity index (χ1v) is 8.04. The van der Waals surface area contributed by atoms with Crippen molar-refractivity contribution >= 4 is 5.91 Å². The smallest absolute Gasteiger partial charge is 0.225 e. The van der Waals surface area contributed by atoms with Crippen molar-refractivity contribution in [1.82, 2.24) is 4.90 Å². The minimum absolute atomic E-state index is 0.000778. The molecule has 1 heterocycles. The van der Waals surface area contributed by atoms with Crippen molar-refractivity contribution in [2.24, 2.45) is 11.3 Å². The molecule has 1 aliphatic carbocycles. The molecule has 1 saturated heterocycles. The van der Waals surface area contributed by atoms with Gasteiger partial charge in [0.2, 0.25) is 5.91 Å². The Bertz CT molecular complexity index is 547. The molecule has 4 heteroatoms. The molecule has 0 radical (unpaired) electrons. The molecule has 2 unspecified atom stereocenters. The Morgan fingerprint density at radius 2 is 1.86 bits per heavy atom. The van der Waals surface area contributed by atoms with Gasteiger partial charge in [-0.15, -0.1) is 0 Å². The van der Waals surface area contributed by atoms with Gasteiger partial charge in [-0.25, -0.2) is 4.39 Å². The monoisotopic (exact) mass is 305 g/mol. The second kappa shape index (κ2) is 5.65. The van der Waals surface area contributed by atoms with Crippen LogP contribution < -0.4 is 0 Å². The minimum Gasteiger partial charge on any atom is -0.367 e. The van der Waals surface area contributed by atoms with Crippen molar-refractivity contribution in [2.75, 3.05) is 13.1 Å². The van der Waals surface area contributed by atoms with Gasteiger partial charge in [-0.1, -0.05) is 26.0 Å². The fourth-order valence-corrected chi connectivity index (χ4v) is 3.70. The summed E-state index contributed by atoms with van der Waals surface area (Å²) in [5.74, 6) is 0.160. The number of benzene rings is 1. The molecule has 3 rings (SSSR count). The van der Waals surface area contributed by atoms with E-state index in [2.05, 4.69) is 13.8 Å². The van der Waals surface area contributed by atoms with E-state index < -0.39 is 0 Å². The normalized spacial score (nSPS) is 28.3. The number of rotatable bonds is 2. The van der Waals surface area contributed by atoms with Crippen LogP contribution >= 0.6 is 0 Å². The summed E-state index contributed by atoms with van der Waals surface area (Å²) in [5, 5.41) is 0. The van der Waals surface area contributed by atoms with Gasteiger partial charge in [-0.05, 0) is 42.9 Å². The van der Waals surface area contributed by atoms with Crippen LogP contribution in [0.2, 0.25) is 0 Å². The van der Waals surface area contributed by atoms with E-state index in [-0.39, 0.29) is 29.9 Å². The highest BCUT2D eigenvalue weighted by Gasteiger charge is 2.43. The van der Waals surface area contributed by atoms with E-state index in [1.54, 1.807) is 12.1 Å². The zero-order chi connectivity index (χ0) is 15.9. The molecular formula is C18H24FNO2. The molecule has 1 aromatic rings. The van der Waals surface area contributed by atoms with Gasteiger partial charge in [0.05, 0.1) is 12.6 Å². The first kappa shape index (κ1) is 15.5. The summed E-state index contributed by atoms with van der Waals surface area (Å²) in [7, 11) is 0. The number of hydrogen-bond acceptors (Lipinski definition) is 2. The van der Waals surface area contributed by atoms with Crippen LogP contribution in [0.25, 0.3) is 0 Å². The molecule has 22 heavy (non-hydrogen) atoms. The van der Waals surface area contributed by atoms with E-state index >= 15 is 0 Å². The summed E-state index contributed by atoms with van der Waals surface area (Å²) in [6, 6.07) is 6.37. The van der Waals surface area contributed by atoms with Gasteiger partial charge in [0, 0.05) is 12.5 Å². The fourth-order valence-electron chi connectivity index (χ4n) is 3.70. The molecule has 1 aliphatic heterocycles. The van der Waals surface area contributed by atoms with Crippen LogP contribution in [0.5, 0.6) is 0 Å². The lowest BCUT2D eigenvalue weighted by Gasteiger charge is -2.45. The first-order chi connectivity index (χ1) is 10.3. The number of hydrogen-bond donors (Lipinski definition) is 0. The second-order valence-electron chi connectivity index (χ2n) is 7.50. The largest absolute Gasteiger partial charge is 0.367 e. The van der Waals surface area contributed by atoms with Crippen molar-refractivity contribution in [2.45, 2.75) is 45.8 Å². The predicted molar refractivity (Wildman–Crippen MR) is 82.8 cm³/mol. The average Bonchev–Trinajstić information content (AvgIpc) is 2.44. The number of halogens is 1. The van der Waals surface area contributed by atoms with Gasteiger partial charge in [0.1, 0.15) is 11.9 Å². The Hall–Kier alpha value is -1.42. The lowest BCUT2D eigenvalue weighted by molar-refractivity contribution is -0.155. The van der Waals surface area contributed by atoms with Gasteiger partial charge < -0.3 is 9.64 Å². The highest BCUT2D eigenvalue weighted by Crippen LogP contribution is 2.45. The SMILES string of the molecule is CC1CN(C(=O)C2CC(C)(C)C2)CC(c2ccc(F)cc2)O1. The van der Waals surface area contributed by atoms with E-state index in [1.807, 2.05) is 11.8 Å². The maximum absolute atomic E-state index is 13.1. The van der Waals surface area contributed by atoms with E-state index in [9.17, 15) is 9.18 Å². The summed E-state index contributed by atoms with van der Waals surface area (Å²) < 4.78 is 19.0. The van der Waals surface area contributed by atoms with Crippen molar-refractivity contribution in [1.29, 1.82) is 0 Å². The van der Waals surface area contributed by atoms with E-state index in [0.717, 1.165) is 18.4 Å². The quantitative estimate of drug-likeness (QED) is 0.836. The third kappa shape index (κ3) is 3.17. The van der Waals surface area contributed by atoms with Crippen molar-refractivity contribution < 1.29 is 13.9 Å². The Morgan fingerprint density at radius 1 is 1.23 bits per heavy atom. The van der Waals surface area contributed by atoms with Crippen LogP contribution in [0.3, 0.4) is 0 Å². The van der Waals surface area contributed by atoms with E-state index in [1.165, 1.54) is 12.1 Å². The van der Waals surface area contributed by atoms with Gasteiger partial charge in [0.25, 0.3) is 0 Å². The maximum atomic E-state index is 13.1. The Balaban J connectivity index is 1.68. The molecule has 1 aromatic carbocycles. The molecule has 3 nitrogen and oxygen atoms in total. The molecular weight excluding hydrogens is 281 g/mol. The minimum atomic E-state index is -0.253. The van der Waals surface area contributed by atoms with Gasteiger partial charge in [-0.3, -0.25) is 4.79 Å². The van der Waals surface area contributed by atoms with Crippen LogP contribution in [0.1, 0.15) is 45.3 Å². The fraction of sp³-hybridized carbons (Fsp3) is 0.611. The first-order valence-electron chi connectivity index (χ1n) is 8.04. The number of morpholine rings is 1. The maximum Gasteiger partial charge on any atom is 0.225 e. The molecule has 0 N–H and O–H groups in total. The number of carbonyl (C=O) groups is 1. The van der Waals surface area contributed by atoms with Gasteiger partial charge in [0.15, 0.2) is 0 Å². The number of nitrogens with zero attached hydrogens (tertiary/aromatic N) is 1. The number of amides is 1. The van der Waals surface area contributed by atoms with Crippen LogP contribution in [0, 0.1) is 17.2 Å². The van der Waals surface area contributed by atoms with Crippen LogP contribution in [0.15, 0.2) is 24.3 Å². The standard InChI is InChI=1S/C18H24FNO2/c1-12-10-20(17(21)14-8-18(2,3)9-14)11-16(22-12)13-4-6-15(19)7-5-13/h4-7,12,14,16H,8-11H2,1-3H3. The summed E-state index contributed by atoms with van der Waals surface area (Å²) in [6.07, 6.45) is 1.78. The van der Waals surface area contributed by atoms with Gasteiger partial charge >= 0.3 is 0 Å². The van der Waals surface area contributed by atoms with E-state index in [4.69, 9.17) is 4.74 Å². The Morgan fingerprint density at radius 3 is 2.45 bits per heavy atom. The number of carbonyl (C=O) groups excluding carboxylic acids is 1. The molecule has 2 fully saturated rings. The summed E-state index contributed by atoms with van der Waals surface area (Å²) in [4.78, 5) is 14.6. The lowest BCUT2D eigenvalue weighted by atomic mass is 9.64. The molecule has 0 spiro atoms. The molecule has 1 amide bonds. The number of ether oxygens (including phenoxy) is 1. The van der Waals surface area contributed by atoms with E-state index in [0.29, 0.717) is 18.5 Å². The Labute approximate surface area is 131 Å². The molecule has 0 aromatic heterocycles. The predicted octanol–water partition coefficient (Wildman–Crippen LogP) is 3.55. The summed E-state index contributed by atoms with van der Waals surface area (Å²) in [6.45, 7) is 7.61. The van der Waals surface area contributed by atoms with Crippen molar-refractivity contribution in [3.8, 4) is 0 Å². The summed E-state index contributed by atoms with van der Waals surface area (Å²) in [5.41, 5.74) is 1.23. The van der Waals surface area contributed by atoms with Gasteiger partial charge in [-0.2, -0.15) is 0 Å². The molecule has 120 valence electrons. The lowest BCUT2D eigenvalue weighted by Crippen LogP contribution is -2.51. The zero-order valence-electron chi connectivity index (χ0n) is 13.5.